The lowest BCUT2D eigenvalue weighted by molar-refractivity contribution is 0.0534. The first-order valence-corrected chi connectivity index (χ1v) is 5.25. The number of rotatable bonds is 1. The average Bonchev–Trinajstić information content (AvgIpc) is 2.56. The number of hydrogen-bond donors (Lipinski definition) is 0. The second-order valence-corrected chi connectivity index (χ2v) is 4.71. The van der Waals surface area contributed by atoms with E-state index in [2.05, 4.69) is 4.74 Å². The number of aromatic nitrogens is 1. The molecule has 5 nitrogen and oxygen atoms in total. The Morgan fingerprint density at radius 3 is 2.35 bits per heavy atom. The van der Waals surface area contributed by atoms with Crippen LogP contribution in [-0.2, 0) is 9.47 Å². The molecule has 0 aromatic carbocycles. The lowest BCUT2D eigenvalue weighted by atomic mass is 10.2. The van der Waals surface area contributed by atoms with Gasteiger partial charge in [0, 0.05) is 11.9 Å². The summed E-state index contributed by atoms with van der Waals surface area (Å²) in [5.74, 6) is -0.476. The van der Waals surface area contributed by atoms with Gasteiger partial charge in [-0.3, -0.25) is 4.57 Å². The van der Waals surface area contributed by atoms with Crippen molar-refractivity contribution in [2.75, 3.05) is 7.11 Å². The van der Waals surface area contributed by atoms with Crippen LogP contribution in [0.5, 0.6) is 0 Å². The van der Waals surface area contributed by atoms with Crippen molar-refractivity contribution >= 4 is 12.1 Å². The SMILES string of the molecule is COC(=O)c1cc(C)n(C(=O)OC(C)(C)C)c1. The van der Waals surface area contributed by atoms with Crippen molar-refractivity contribution in [2.45, 2.75) is 33.3 Å². The third-order valence-corrected chi connectivity index (χ3v) is 2.02. The van der Waals surface area contributed by atoms with Crippen molar-refractivity contribution in [3.63, 3.8) is 0 Å². The summed E-state index contributed by atoms with van der Waals surface area (Å²) in [4.78, 5) is 23.1. The molecule has 5 heteroatoms. The number of methoxy groups -OCH3 is 1. The number of carbonyl (C=O) groups excluding carboxylic acids is 2. The summed E-state index contributed by atoms with van der Waals surface area (Å²) in [7, 11) is 1.29. The smallest absolute Gasteiger partial charge is 0.418 e. The van der Waals surface area contributed by atoms with E-state index in [1.807, 2.05) is 0 Å². The zero-order valence-corrected chi connectivity index (χ0v) is 10.7. The summed E-state index contributed by atoms with van der Waals surface area (Å²) in [6.45, 7) is 7.07. The average molecular weight is 239 g/mol. The van der Waals surface area contributed by atoms with E-state index < -0.39 is 17.7 Å². The molecule has 0 radical (unpaired) electrons. The number of esters is 1. The fourth-order valence-electron chi connectivity index (χ4n) is 1.31. The molecule has 1 aromatic rings. The van der Waals surface area contributed by atoms with E-state index in [9.17, 15) is 9.59 Å². The topological polar surface area (TPSA) is 57.5 Å². The lowest BCUT2D eigenvalue weighted by Crippen LogP contribution is -2.27. The minimum atomic E-state index is -0.570. The second kappa shape index (κ2) is 4.61. The van der Waals surface area contributed by atoms with Gasteiger partial charge in [0.05, 0.1) is 12.7 Å². The Balaban J connectivity index is 2.96. The molecule has 0 bridgehead atoms. The summed E-state index contributed by atoms with van der Waals surface area (Å²) >= 11 is 0. The highest BCUT2D eigenvalue weighted by atomic mass is 16.6. The van der Waals surface area contributed by atoms with Gasteiger partial charge < -0.3 is 9.47 Å². The number of nitrogens with zero attached hydrogens (tertiary/aromatic N) is 1. The molecule has 0 spiro atoms. The molecule has 0 saturated carbocycles. The Morgan fingerprint density at radius 2 is 1.88 bits per heavy atom. The quantitative estimate of drug-likeness (QED) is 0.706. The van der Waals surface area contributed by atoms with Crippen LogP contribution in [0.2, 0.25) is 0 Å². The molecule has 1 aromatic heterocycles. The van der Waals surface area contributed by atoms with Crippen LogP contribution in [0.25, 0.3) is 0 Å². The molecule has 94 valence electrons. The molecular formula is C12H17NO4. The molecule has 1 rings (SSSR count). The molecule has 0 unspecified atom stereocenters. The highest BCUT2D eigenvalue weighted by molar-refractivity contribution is 5.90. The third kappa shape index (κ3) is 3.34. The zero-order valence-electron chi connectivity index (χ0n) is 10.7. The van der Waals surface area contributed by atoms with E-state index in [0.29, 0.717) is 11.3 Å². The van der Waals surface area contributed by atoms with E-state index in [-0.39, 0.29) is 0 Å². The van der Waals surface area contributed by atoms with Gasteiger partial charge in [-0.05, 0) is 33.8 Å². The van der Waals surface area contributed by atoms with Crippen LogP contribution in [0.15, 0.2) is 12.3 Å². The Kier molecular flexibility index (Phi) is 3.60. The van der Waals surface area contributed by atoms with Crippen LogP contribution in [0.4, 0.5) is 4.79 Å². The maximum absolute atomic E-state index is 11.8. The fraction of sp³-hybridized carbons (Fsp3) is 0.500. The van der Waals surface area contributed by atoms with Crippen molar-refractivity contribution in [3.05, 3.63) is 23.5 Å². The Morgan fingerprint density at radius 1 is 1.29 bits per heavy atom. The van der Waals surface area contributed by atoms with Crippen LogP contribution in [-0.4, -0.2) is 29.3 Å². The van der Waals surface area contributed by atoms with Crippen molar-refractivity contribution < 1.29 is 19.1 Å². The first-order valence-electron chi connectivity index (χ1n) is 5.25. The first-order chi connectivity index (χ1) is 7.74. The van der Waals surface area contributed by atoms with Crippen LogP contribution in [0.1, 0.15) is 36.8 Å². The highest BCUT2D eigenvalue weighted by Crippen LogP contribution is 2.13. The van der Waals surface area contributed by atoms with E-state index >= 15 is 0 Å². The fourth-order valence-corrected chi connectivity index (χ4v) is 1.31. The minimum absolute atomic E-state index is 0.329. The number of hydrogen-bond acceptors (Lipinski definition) is 4. The Hall–Kier alpha value is -1.78. The molecule has 0 saturated heterocycles. The lowest BCUT2D eigenvalue weighted by Gasteiger charge is -2.19. The van der Waals surface area contributed by atoms with Crippen LogP contribution < -0.4 is 0 Å². The number of ether oxygens (including phenoxy) is 2. The maximum atomic E-state index is 11.8. The molecule has 17 heavy (non-hydrogen) atoms. The van der Waals surface area contributed by atoms with Crippen LogP contribution >= 0.6 is 0 Å². The molecule has 0 N–H and O–H groups in total. The Labute approximate surface area is 100 Å². The van der Waals surface area contributed by atoms with E-state index in [4.69, 9.17) is 4.74 Å². The molecule has 0 fully saturated rings. The molecule has 0 atom stereocenters. The predicted molar refractivity (Wildman–Crippen MR) is 62.1 cm³/mol. The molecule has 0 aliphatic rings. The summed E-state index contributed by atoms with van der Waals surface area (Å²) < 4.78 is 11.1. The van der Waals surface area contributed by atoms with Gasteiger partial charge in [-0.1, -0.05) is 0 Å². The van der Waals surface area contributed by atoms with Gasteiger partial charge in [0.15, 0.2) is 0 Å². The summed E-state index contributed by atoms with van der Waals surface area (Å²) in [6, 6.07) is 1.58. The highest BCUT2D eigenvalue weighted by Gasteiger charge is 2.20. The second-order valence-electron chi connectivity index (χ2n) is 4.71. The normalized spacial score (nSPS) is 11.1. The van der Waals surface area contributed by atoms with E-state index in [1.54, 1.807) is 33.8 Å². The van der Waals surface area contributed by atoms with Crippen LogP contribution in [0, 0.1) is 6.92 Å². The Bertz CT molecular complexity index is 440. The largest absolute Gasteiger partial charge is 0.465 e. The van der Waals surface area contributed by atoms with Gasteiger partial charge in [-0.25, -0.2) is 9.59 Å². The zero-order chi connectivity index (χ0) is 13.2. The molecule has 0 aliphatic carbocycles. The summed E-state index contributed by atoms with van der Waals surface area (Å²) in [5.41, 5.74) is 0.384. The predicted octanol–water partition coefficient (Wildman–Crippen LogP) is 2.37. The molecule has 0 amide bonds. The van der Waals surface area contributed by atoms with Crippen molar-refractivity contribution in [1.82, 2.24) is 4.57 Å². The van der Waals surface area contributed by atoms with Gasteiger partial charge in [-0.15, -0.1) is 0 Å². The van der Waals surface area contributed by atoms with Gasteiger partial charge in [-0.2, -0.15) is 0 Å². The van der Waals surface area contributed by atoms with Gasteiger partial charge in [0.25, 0.3) is 0 Å². The maximum Gasteiger partial charge on any atom is 0.418 e. The van der Waals surface area contributed by atoms with E-state index in [0.717, 1.165) is 0 Å². The van der Waals surface area contributed by atoms with Crippen molar-refractivity contribution in [1.29, 1.82) is 0 Å². The molecular weight excluding hydrogens is 222 g/mol. The van der Waals surface area contributed by atoms with Crippen molar-refractivity contribution in [2.24, 2.45) is 0 Å². The monoisotopic (exact) mass is 239 g/mol. The van der Waals surface area contributed by atoms with Gasteiger partial charge in [0.1, 0.15) is 5.60 Å². The standard InChI is InChI=1S/C12H17NO4/c1-8-6-9(10(14)16-5)7-13(8)11(15)17-12(2,3)4/h6-7H,1-5H3. The minimum Gasteiger partial charge on any atom is -0.465 e. The van der Waals surface area contributed by atoms with E-state index in [1.165, 1.54) is 17.9 Å². The summed E-state index contributed by atoms with van der Waals surface area (Å²) in [5, 5.41) is 0. The number of carbonyl (C=O) groups is 2. The van der Waals surface area contributed by atoms with Crippen LogP contribution in [0.3, 0.4) is 0 Å². The van der Waals surface area contributed by atoms with Gasteiger partial charge >= 0.3 is 12.1 Å². The molecule has 0 aliphatic heterocycles. The first kappa shape index (κ1) is 13.3. The third-order valence-electron chi connectivity index (χ3n) is 2.02. The molecule has 1 heterocycles. The summed E-state index contributed by atoms with van der Waals surface area (Å²) in [6.07, 6.45) is 0.903. The van der Waals surface area contributed by atoms with Gasteiger partial charge in [0.2, 0.25) is 0 Å². The van der Waals surface area contributed by atoms with Crippen molar-refractivity contribution in [3.8, 4) is 0 Å². The number of aryl methyl sites for hydroxylation is 1.